The summed E-state index contributed by atoms with van der Waals surface area (Å²) < 4.78 is 21.8. The van der Waals surface area contributed by atoms with Gasteiger partial charge in [-0.3, -0.25) is 19.3 Å². The first kappa shape index (κ1) is 25.6. The van der Waals surface area contributed by atoms with Gasteiger partial charge in [-0.15, -0.1) is 0 Å². The largest absolute Gasteiger partial charge is 0.444 e. The van der Waals surface area contributed by atoms with E-state index in [1.807, 2.05) is 42.5 Å². The van der Waals surface area contributed by atoms with Crippen LogP contribution >= 0.6 is 0 Å². The molecule has 0 N–H and O–H groups in total. The standard InChI is InChI=1S/C27H31NO8/c1-26(2,3)36-25(32)28-14-19(33-15-16-10-11-17-8-6-7-9-18(17)12-16)13-20(28)22(29)21-23(30)34-27(4,5)35-24(21)31/h6-12,19-21H,13-15H2,1-5H3/t19-,20-/m1/s1. The van der Waals surface area contributed by atoms with Crippen molar-refractivity contribution < 1.29 is 38.1 Å². The maximum Gasteiger partial charge on any atom is 0.410 e. The number of amides is 1. The molecule has 2 saturated heterocycles. The van der Waals surface area contributed by atoms with Crippen molar-refractivity contribution in [1.82, 2.24) is 4.90 Å². The molecule has 0 aromatic heterocycles. The molecular formula is C27H31NO8. The maximum absolute atomic E-state index is 13.4. The molecule has 2 heterocycles. The molecule has 2 aromatic rings. The first-order chi connectivity index (χ1) is 16.8. The van der Waals surface area contributed by atoms with Gasteiger partial charge in [-0.25, -0.2) is 4.79 Å². The number of ketones is 1. The number of carbonyl (C=O) groups excluding carboxylic acids is 4. The fourth-order valence-corrected chi connectivity index (χ4v) is 4.40. The summed E-state index contributed by atoms with van der Waals surface area (Å²) in [5, 5.41) is 2.18. The van der Waals surface area contributed by atoms with E-state index < -0.39 is 53.3 Å². The fraction of sp³-hybridized carbons (Fsp3) is 0.481. The van der Waals surface area contributed by atoms with Crippen LogP contribution in [0, 0.1) is 5.92 Å². The summed E-state index contributed by atoms with van der Waals surface area (Å²) in [6.45, 7) is 8.28. The highest BCUT2D eigenvalue weighted by atomic mass is 16.7. The Morgan fingerprint density at radius 1 is 1.03 bits per heavy atom. The van der Waals surface area contributed by atoms with Crippen molar-refractivity contribution in [3.05, 3.63) is 48.0 Å². The smallest absolute Gasteiger partial charge is 0.410 e. The lowest BCUT2D eigenvalue weighted by Crippen LogP contribution is -2.54. The van der Waals surface area contributed by atoms with E-state index in [-0.39, 0.29) is 19.6 Å². The Morgan fingerprint density at radius 2 is 1.67 bits per heavy atom. The van der Waals surface area contributed by atoms with Crippen LogP contribution in [0.4, 0.5) is 4.79 Å². The molecule has 0 saturated carbocycles. The molecule has 0 aliphatic carbocycles. The fourth-order valence-electron chi connectivity index (χ4n) is 4.40. The lowest BCUT2D eigenvalue weighted by Gasteiger charge is -2.34. The van der Waals surface area contributed by atoms with E-state index in [2.05, 4.69) is 0 Å². The number of Topliss-reactive ketones (excluding diaryl/α,β-unsaturated/α-hetero) is 1. The Labute approximate surface area is 209 Å². The van der Waals surface area contributed by atoms with Gasteiger partial charge in [-0.05, 0) is 43.2 Å². The zero-order chi connectivity index (χ0) is 26.3. The van der Waals surface area contributed by atoms with Crippen LogP contribution in [0.5, 0.6) is 0 Å². The zero-order valence-corrected chi connectivity index (χ0v) is 21.1. The van der Waals surface area contributed by atoms with Crippen LogP contribution in [0.25, 0.3) is 10.8 Å². The van der Waals surface area contributed by atoms with Gasteiger partial charge in [-0.1, -0.05) is 36.4 Å². The molecule has 2 aliphatic heterocycles. The number of cyclic esters (lactones) is 2. The lowest BCUT2D eigenvalue weighted by atomic mass is 9.95. The molecule has 2 atom stereocenters. The van der Waals surface area contributed by atoms with E-state index >= 15 is 0 Å². The third kappa shape index (κ3) is 5.67. The van der Waals surface area contributed by atoms with Gasteiger partial charge in [0, 0.05) is 20.3 Å². The van der Waals surface area contributed by atoms with Gasteiger partial charge in [0.2, 0.25) is 5.92 Å². The highest BCUT2D eigenvalue weighted by Crippen LogP contribution is 2.31. The molecule has 0 bridgehead atoms. The molecule has 2 aliphatic rings. The minimum absolute atomic E-state index is 0.0706. The number of hydrogen-bond acceptors (Lipinski definition) is 8. The van der Waals surface area contributed by atoms with E-state index in [9.17, 15) is 19.2 Å². The van der Waals surface area contributed by atoms with Crippen LogP contribution in [0.3, 0.4) is 0 Å². The van der Waals surface area contributed by atoms with Crippen molar-refractivity contribution >= 4 is 34.6 Å². The molecular weight excluding hydrogens is 466 g/mol. The third-order valence-electron chi connectivity index (χ3n) is 5.97. The zero-order valence-electron chi connectivity index (χ0n) is 21.1. The summed E-state index contributed by atoms with van der Waals surface area (Å²) in [6.07, 6.45) is -1.13. The average molecular weight is 498 g/mol. The summed E-state index contributed by atoms with van der Waals surface area (Å²) in [6, 6.07) is 12.8. The van der Waals surface area contributed by atoms with E-state index in [0.717, 1.165) is 16.3 Å². The molecule has 2 aromatic carbocycles. The molecule has 2 fully saturated rings. The van der Waals surface area contributed by atoms with Crippen LogP contribution in [0.2, 0.25) is 0 Å². The number of hydrogen-bond donors (Lipinski definition) is 0. The Kier molecular flexibility index (Phi) is 6.79. The monoisotopic (exact) mass is 497 g/mol. The minimum atomic E-state index is -1.77. The summed E-state index contributed by atoms with van der Waals surface area (Å²) in [7, 11) is 0. The topological polar surface area (TPSA) is 108 Å². The third-order valence-corrected chi connectivity index (χ3v) is 5.97. The Balaban J connectivity index is 1.51. The van der Waals surface area contributed by atoms with Crippen molar-refractivity contribution in [2.24, 2.45) is 5.92 Å². The van der Waals surface area contributed by atoms with Gasteiger partial charge in [0.05, 0.1) is 25.3 Å². The van der Waals surface area contributed by atoms with Crippen LogP contribution in [-0.4, -0.2) is 58.8 Å². The van der Waals surface area contributed by atoms with Gasteiger partial charge in [-0.2, -0.15) is 0 Å². The maximum atomic E-state index is 13.4. The van der Waals surface area contributed by atoms with Crippen molar-refractivity contribution in [3.63, 3.8) is 0 Å². The quantitative estimate of drug-likeness (QED) is 0.454. The molecule has 9 heteroatoms. The van der Waals surface area contributed by atoms with Crippen LogP contribution < -0.4 is 0 Å². The van der Waals surface area contributed by atoms with Gasteiger partial charge < -0.3 is 18.9 Å². The van der Waals surface area contributed by atoms with E-state index in [4.69, 9.17) is 18.9 Å². The normalized spacial score (nSPS) is 22.3. The second kappa shape index (κ2) is 9.54. The van der Waals surface area contributed by atoms with E-state index in [1.165, 1.54) is 18.7 Å². The molecule has 9 nitrogen and oxygen atoms in total. The minimum Gasteiger partial charge on any atom is -0.444 e. The predicted molar refractivity (Wildman–Crippen MR) is 129 cm³/mol. The molecule has 36 heavy (non-hydrogen) atoms. The Hall–Kier alpha value is -3.46. The van der Waals surface area contributed by atoms with Gasteiger partial charge in [0.25, 0.3) is 5.79 Å². The van der Waals surface area contributed by atoms with E-state index in [1.54, 1.807) is 20.8 Å². The Morgan fingerprint density at radius 3 is 2.31 bits per heavy atom. The van der Waals surface area contributed by atoms with Crippen molar-refractivity contribution in [2.45, 2.75) is 71.2 Å². The highest BCUT2D eigenvalue weighted by Gasteiger charge is 2.53. The first-order valence-electron chi connectivity index (χ1n) is 11.9. The average Bonchev–Trinajstić information content (AvgIpc) is 3.19. The van der Waals surface area contributed by atoms with E-state index in [0.29, 0.717) is 0 Å². The number of likely N-dealkylation sites (tertiary alicyclic amines) is 1. The van der Waals surface area contributed by atoms with Crippen LogP contribution in [-0.2, 0) is 39.9 Å². The van der Waals surface area contributed by atoms with Gasteiger partial charge in [0.1, 0.15) is 5.60 Å². The molecule has 0 radical (unpaired) electrons. The molecule has 1 amide bonds. The number of fused-ring (bicyclic) bond motifs is 1. The molecule has 0 spiro atoms. The first-order valence-corrected chi connectivity index (χ1v) is 11.9. The SMILES string of the molecule is CC(C)(C)OC(=O)N1C[C@H](OCc2ccc3ccccc3c2)C[C@@H]1C(=O)C1C(=O)OC(C)(C)OC1=O. The highest BCUT2D eigenvalue weighted by molar-refractivity contribution is 6.17. The second-order valence-corrected chi connectivity index (χ2v) is 10.6. The van der Waals surface area contributed by atoms with Crippen LogP contribution in [0.1, 0.15) is 46.6 Å². The summed E-state index contributed by atoms with van der Waals surface area (Å²) in [5.74, 6) is -6.00. The number of nitrogens with zero attached hydrogens (tertiary/aromatic N) is 1. The lowest BCUT2D eigenvalue weighted by molar-refractivity contribution is -0.238. The molecule has 4 rings (SSSR count). The van der Waals surface area contributed by atoms with Gasteiger partial charge >= 0.3 is 18.0 Å². The van der Waals surface area contributed by atoms with Gasteiger partial charge in [0.15, 0.2) is 5.78 Å². The number of rotatable bonds is 5. The summed E-state index contributed by atoms with van der Waals surface area (Å²) in [4.78, 5) is 52.6. The predicted octanol–water partition coefficient (Wildman–Crippen LogP) is 3.76. The van der Waals surface area contributed by atoms with Crippen LogP contribution in [0.15, 0.2) is 42.5 Å². The second-order valence-electron chi connectivity index (χ2n) is 10.6. The summed E-state index contributed by atoms with van der Waals surface area (Å²) >= 11 is 0. The number of carbonyl (C=O) groups is 4. The molecule has 192 valence electrons. The van der Waals surface area contributed by atoms with Crippen molar-refractivity contribution in [3.8, 4) is 0 Å². The number of benzene rings is 2. The Bertz CT molecular complexity index is 1180. The number of esters is 2. The van der Waals surface area contributed by atoms with Crippen molar-refractivity contribution in [1.29, 1.82) is 0 Å². The summed E-state index contributed by atoms with van der Waals surface area (Å²) in [5.41, 5.74) is 0.135. The number of ether oxygens (including phenoxy) is 4. The van der Waals surface area contributed by atoms with Crippen molar-refractivity contribution in [2.75, 3.05) is 6.54 Å². The molecule has 0 unspecified atom stereocenters.